The maximum atomic E-state index is 12.1. The minimum atomic E-state index is -0.341. The standard InChI is InChI=1S/C19H21N3O3/c1-13-6-8-14(9-7-13)17(23)10-11-18(24)21-15-4-3-5-16(12-15)22-19(25)20-2/h3-9,12H,10-11H2,1-2H3,(H,21,24)(H2,20,22,25). The zero-order chi connectivity index (χ0) is 18.2. The van der Waals surface area contributed by atoms with E-state index in [0.717, 1.165) is 5.56 Å². The SMILES string of the molecule is CNC(=O)Nc1cccc(NC(=O)CCC(=O)c2ccc(C)cc2)c1. The van der Waals surface area contributed by atoms with Crippen LogP contribution in [0.25, 0.3) is 0 Å². The molecule has 0 aromatic heterocycles. The van der Waals surface area contributed by atoms with Crippen molar-refractivity contribution >= 4 is 29.1 Å². The van der Waals surface area contributed by atoms with E-state index in [2.05, 4.69) is 16.0 Å². The quantitative estimate of drug-likeness (QED) is 0.705. The van der Waals surface area contributed by atoms with E-state index in [1.165, 1.54) is 7.05 Å². The number of carbonyl (C=O) groups is 3. The van der Waals surface area contributed by atoms with Crippen LogP contribution in [0.2, 0.25) is 0 Å². The Morgan fingerprint density at radius 1 is 0.880 bits per heavy atom. The number of benzene rings is 2. The molecule has 0 radical (unpaired) electrons. The van der Waals surface area contributed by atoms with Crippen molar-refractivity contribution in [1.29, 1.82) is 0 Å². The second-order valence-electron chi connectivity index (χ2n) is 5.62. The van der Waals surface area contributed by atoms with E-state index in [1.807, 2.05) is 19.1 Å². The summed E-state index contributed by atoms with van der Waals surface area (Å²) in [5.41, 5.74) is 2.81. The second kappa shape index (κ2) is 8.63. The second-order valence-corrected chi connectivity index (χ2v) is 5.62. The first-order chi connectivity index (χ1) is 12.0. The summed E-state index contributed by atoms with van der Waals surface area (Å²) in [5, 5.41) is 7.80. The van der Waals surface area contributed by atoms with Gasteiger partial charge in [0.2, 0.25) is 5.91 Å². The van der Waals surface area contributed by atoms with Crippen LogP contribution >= 0.6 is 0 Å². The van der Waals surface area contributed by atoms with Gasteiger partial charge in [0.1, 0.15) is 0 Å². The van der Waals surface area contributed by atoms with E-state index < -0.39 is 0 Å². The van der Waals surface area contributed by atoms with Gasteiger partial charge in [0.15, 0.2) is 5.78 Å². The average molecular weight is 339 g/mol. The van der Waals surface area contributed by atoms with Crippen molar-refractivity contribution in [3.8, 4) is 0 Å². The van der Waals surface area contributed by atoms with Crippen LogP contribution in [-0.4, -0.2) is 24.8 Å². The topological polar surface area (TPSA) is 87.3 Å². The van der Waals surface area contributed by atoms with Crippen LogP contribution < -0.4 is 16.0 Å². The molecule has 0 spiro atoms. The fourth-order valence-corrected chi connectivity index (χ4v) is 2.20. The van der Waals surface area contributed by atoms with Crippen LogP contribution in [0.1, 0.15) is 28.8 Å². The Morgan fingerprint density at radius 3 is 2.16 bits per heavy atom. The number of carbonyl (C=O) groups excluding carboxylic acids is 3. The summed E-state index contributed by atoms with van der Waals surface area (Å²) in [4.78, 5) is 35.4. The molecule has 25 heavy (non-hydrogen) atoms. The normalized spacial score (nSPS) is 10.0. The number of amides is 3. The van der Waals surface area contributed by atoms with Crippen LogP contribution in [0.4, 0.5) is 16.2 Å². The molecule has 6 nitrogen and oxygen atoms in total. The number of Topliss-reactive ketones (excluding diaryl/α,β-unsaturated/α-hetero) is 1. The Morgan fingerprint density at radius 2 is 1.52 bits per heavy atom. The smallest absolute Gasteiger partial charge is 0.318 e. The van der Waals surface area contributed by atoms with Crippen molar-refractivity contribution in [3.63, 3.8) is 0 Å². The highest BCUT2D eigenvalue weighted by molar-refractivity contribution is 6.00. The number of rotatable bonds is 6. The van der Waals surface area contributed by atoms with E-state index in [1.54, 1.807) is 36.4 Å². The van der Waals surface area contributed by atoms with Crippen molar-refractivity contribution in [2.45, 2.75) is 19.8 Å². The van der Waals surface area contributed by atoms with E-state index in [0.29, 0.717) is 16.9 Å². The summed E-state index contributed by atoms with van der Waals surface area (Å²) in [7, 11) is 1.52. The molecule has 2 aromatic carbocycles. The number of hydrogen-bond donors (Lipinski definition) is 3. The number of nitrogens with one attached hydrogen (secondary N) is 3. The molecule has 0 aliphatic rings. The molecule has 0 atom stereocenters. The molecular formula is C19H21N3O3. The molecule has 130 valence electrons. The molecule has 6 heteroatoms. The number of hydrogen-bond acceptors (Lipinski definition) is 3. The maximum absolute atomic E-state index is 12.1. The Balaban J connectivity index is 1.87. The van der Waals surface area contributed by atoms with Gasteiger partial charge in [0, 0.05) is 36.8 Å². The van der Waals surface area contributed by atoms with Crippen molar-refractivity contribution in [2.75, 3.05) is 17.7 Å². The summed E-state index contributed by atoms with van der Waals surface area (Å²) < 4.78 is 0. The third kappa shape index (κ3) is 5.76. The molecule has 0 bridgehead atoms. The first-order valence-corrected chi connectivity index (χ1v) is 7.96. The molecule has 0 aliphatic carbocycles. The van der Waals surface area contributed by atoms with Crippen LogP contribution in [0, 0.1) is 6.92 Å². The van der Waals surface area contributed by atoms with Gasteiger partial charge in [-0.3, -0.25) is 9.59 Å². The van der Waals surface area contributed by atoms with Crippen molar-refractivity contribution in [2.24, 2.45) is 0 Å². The number of ketones is 1. The lowest BCUT2D eigenvalue weighted by molar-refractivity contribution is -0.116. The van der Waals surface area contributed by atoms with Crippen molar-refractivity contribution in [1.82, 2.24) is 5.32 Å². The van der Waals surface area contributed by atoms with Gasteiger partial charge in [0.25, 0.3) is 0 Å². The lowest BCUT2D eigenvalue weighted by Gasteiger charge is -2.08. The predicted octanol–water partition coefficient (Wildman–Crippen LogP) is 3.35. The van der Waals surface area contributed by atoms with E-state index >= 15 is 0 Å². The summed E-state index contributed by atoms with van der Waals surface area (Å²) in [6, 6.07) is 13.7. The van der Waals surface area contributed by atoms with Gasteiger partial charge < -0.3 is 16.0 Å². The van der Waals surface area contributed by atoms with Crippen LogP contribution in [0.5, 0.6) is 0 Å². The molecule has 2 rings (SSSR count). The maximum Gasteiger partial charge on any atom is 0.318 e. The fourth-order valence-electron chi connectivity index (χ4n) is 2.20. The van der Waals surface area contributed by atoms with Crippen molar-refractivity contribution in [3.05, 3.63) is 59.7 Å². The Kier molecular flexibility index (Phi) is 6.28. The van der Waals surface area contributed by atoms with Gasteiger partial charge in [-0.05, 0) is 25.1 Å². The van der Waals surface area contributed by atoms with Gasteiger partial charge in [-0.2, -0.15) is 0 Å². The van der Waals surface area contributed by atoms with Gasteiger partial charge >= 0.3 is 6.03 Å². The van der Waals surface area contributed by atoms with E-state index in [9.17, 15) is 14.4 Å². The summed E-state index contributed by atoms with van der Waals surface area (Å²) in [6.07, 6.45) is 0.241. The molecule has 2 aromatic rings. The molecule has 0 saturated carbocycles. The number of urea groups is 1. The molecule has 0 saturated heterocycles. The zero-order valence-electron chi connectivity index (χ0n) is 14.3. The average Bonchev–Trinajstić information content (AvgIpc) is 2.60. The summed E-state index contributed by atoms with van der Waals surface area (Å²) in [5.74, 6) is -0.317. The predicted molar refractivity (Wildman–Crippen MR) is 97.9 cm³/mol. The van der Waals surface area contributed by atoms with Gasteiger partial charge in [-0.15, -0.1) is 0 Å². The van der Waals surface area contributed by atoms with Crippen LogP contribution in [0.3, 0.4) is 0 Å². The van der Waals surface area contributed by atoms with Crippen LogP contribution in [0.15, 0.2) is 48.5 Å². The monoisotopic (exact) mass is 339 g/mol. The van der Waals surface area contributed by atoms with E-state index in [4.69, 9.17) is 0 Å². The van der Waals surface area contributed by atoms with Gasteiger partial charge in [-0.25, -0.2) is 4.79 Å². The largest absolute Gasteiger partial charge is 0.341 e. The molecule has 3 amide bonds. The first kappa shape index (κ1) is 18.2. The molecular weight excluding hydrogens is 318 g/mol. The highest BCUT2D eigenvalue weighted by Gasteiger charge is 2.10. The lowest BCUT2D eigenvalue weighted by atomic mass is 10.0. The minimum absolute atomic E-state index is 0.0646. The minimum Gasteiger partial charge on any atom is -0.341 e. The fraction of sp³-hybridized carbons (Fsp3) is 0.211. The van der Waals surface area contributed by atoms with Gasteiger partial charge in [-0.1, -0.05) is 35.9 Å². The molecule has 0 unspecified atom stereocenters. The molecule has 0 fully saturated rings. The zero-order valence-corrected chi connectivity index (χ0v) is 14.3. The molecule has 0 heterocycles. The lowest BCUT2D eigenvalue weighted by Crippen LogP contribution is -2.24. The molecule has 0 aliphatic heterocycles. The Bertz CT molecular complexity index is 770. The third-order valence-corrected chi connectivity index (χ3v) is 3.58. The summed E-state index contributed by atoms with van der Waals surface area (Å²) in [6.45, 7) is 1.95. The Labute approximate surface area is 146 Å². The van der Waals surface area contributed by atoms with Gasteiger partial charge in [0.05, 0.1) is 0 Å². The van der Waals surface area contributed by atoms with E-state index in [-0.39, 0.29) is 30.6 Å². The first-order valence-electron chi connectivity index (χ1n) is 7.96. The third-order valence-electron chi connectivity index (χ3n) is 3.58. The highest BCUT2D eigenvalue weighted by Crippen LogP contribution is 2.16. The Hall–Kier alpha value is -3.15. The number of aryl methyl sites for hydroxylation is 1. The van der Waals surface area contributed by atoms with Crippen molar-refractivity contribution < 1.29 is 14.4 Å². The highest BCUT2D eigenvalue weighted by atomic mass is 16.2. The van der Waals surface area contributed by atoms with Crippen LogP contribution in [-0.2, 0) is 4.79 Å². The molecule has 3 N–H and O–H groups in total. The summed E-state index contributed by atoms with van der Waals surface area (Å²) >= 11 is 0. The number of anilines is 2.